The third-order valence-electron chi connectivity index (χ3n) is 3.92. The molecule has 1 unspecified atom stereocenters. The molecule has 2 aliphatic rings. The van der Waals surface area contributed by atoms with Crippen LogP contribution in [0.2, 0.25) is 0 Å². The molecule has 1 saturated carbocycles. The summed E-state index contributed by atoms with van der Waals surface area (Å²) in [4.78, 5) is 18.9. The lowest BCUT2D eigenvalue weighted by Crippen LogP contribution is -2.35. The molecule has 1 N–H and O–H groups in total. The molecule has 1 aliphatic carbocycles. The van der Waals surface area contributed by atoms with Crippen molar-refractivity contribution in [1.29, 1.82) is 0 Å². The number of hydrogen-bond acceptors (Lipinski definition) is 4. The van der Waals surface area contributed by atoms with E-state index in [4.69, 9.17) is 0 Å². The van der Waals surface area contributed by atoms with Crippen LogP contribution in [0.4, 0.5) is 5.82 Å². The van der Waals surface area contributed by atoms with Gasteiger partial charge < -0.3 is 14.8 Å². The smallest absolute Gasteiger partial charge is 0.293 e. The first-order valence-corrected chi connectivity index (χ1v) is 7.30. The summed E-state index contributed by atoms with van der Waals surface area (Å²) >= 11 is 0. The van der Waals surface area contributed by atoms with Crippen LogP contribution in [0.3, 0.4) is 0 Å². The molecule has 19 heavy (non-hydrogen) atoms. The van der Waals surface area contributed by atoms with Crippen LogP contribution in [0.5, 0.6) is 0 Å². The summed E-state index contributed by atoms with van der Waals surface area (Å²) in [6.45, 7) is 5.47. The normalized spacial score (nSPS) is 21.5. The fourth-order valence-corrected chi connectivity index (χ4v) is 2.80. The van der Waals surface area contributed by atoms with E-state index in [1.807, 2.05) is 4.57 Å². The highest BCUT2D eigenvalue weighted by Gasteiger charge is 2.25. The molecule has 1 aliphatic heterocycles. The van der Waals surface area contributed by atoms with E-state index >= 15 is 0 Å². The van der Waals surface area contributed by atoms with Crippen molar-refractivity contribution in [2.24, 2.45) is 0 Å². The molecule has 1 atom stereocenters. The molecule has 2 fully saturated rings. The molecule has 3 rings (SSSR count). The van der Waals surface area contributed by atoms with E-state index in [1.165, 1.54) is 25.9 Å². The largest absolute Gasteiger partial charge is 0.362 e. The standard InChI is InChI=1S/C14H22N4O/c1-11(10-17-7-2-3-8-17)16-13-14(19)18(9-6-15-13)12-4-5-12/h6,9,11-12H,2-5,7-8,10H2,1H3,(H,15,16). The van der Waals surface area contributed by atoms with Gasteiger partial charge in [-0.15, -0.1) is 0 Å². The monoisotopic (exact) mass is 262 g/mol. The molecule has 0 bridgehead atoms. The molecule has 104 valence electrons. The zero-order valence-electron chi connectivity index (χ0n) is 11.5. The van der Waals surface area contributed by atoms with Gasteiger partial charge >= 0.3 is 0 Å². The Morgan fingerprint density at radius 1 is 1.42 bits per heavy atom. The van der Waals surface area contributed by atoms with Crippen LogP contribution in [0.1, 0.15) is 38.6 Å². The Morgan fingerprint density at radius 2 is 2.16 bits per heavy atom. The van der Waals surface area contributed by atoms with Gasteiger partial charge in [0.25, 0.3) is 5.56 Å². The van der Waals surface area contributed by atoms with E-state index in [1.54, 1.807) is 12.4 Å². The summed E-state index contributed by atoms with van der Waals surface area (Å²) in [7, 11) is 0. The average Bonchev–Trinajstić information content (AvgIpc) is 3.10. The Labute approximate surface area is 113 Å². The van der Waals surface area contributed by atoms with Gasteiger partial charge in [0.1, 0.15) is 0 Å². The highest BCUT2D eigenvalue weighted by molar-refractivity contribution is 5.32. The number of nitrogens with one attached hydrogen (secondary N) is 1. The summed E-state index contributed by atoms with van der Waals surface area (Å²) in [5.41, 5.74) is 0.0262. The fourth-order valence-electron chi connectivity index (χ4n) is 2.80. The van der Waals surface area contributed by atoms with Crippen LogP contribution >= 0.6 is 0 Å². The number of anilines is 1. The Bertz CT molecular complexity index is 488. The molecular weight excluding hydrogens is 240 g/mol. The minimum atomic E-state index is 0.0262. The summed E-state index contributed by atoms with van der Waals surface area (Å²) < 4.78 is 1.82. The Morgan fingerprint density at radius 3 is 2.84 bits per heavy atom. The Hall–Kier alpha value is -1.36. The highest BCUT2D eigenvalue weighted by atomic mass is 16.1. The fraction of sp³-hybridized carbons (Fsp3) is 0.714. The third-order valence-corrected chi connectivity index (χ3v) is 3.92. The van der Waals surface area contributed by atoms with Crippen molar-refractivity contribution in [2.45, 2.75) is 44.7 Å². The molecule has 1 aromatic heterocycles. The maximum Gasteiger partial charge on any atom is 0.293 e. The second-order valence-electron chi connectivity index (χ2n) is 5.77. The molecule has 0 aromatic carbocycles. The first-order chi connectivity index (χ1) is 9.24. The maximum absolute atomic E-state index is 12.2. The summed E-state index contributed by atoms with van der Waals surface area (Å²) in [6.07, 6.45) is 8.36. The van der Waals surface area contributed by atoms with E-state index in [0.29, 0.717) is 11.9 Å². The topological polar surface area (TPSA) is 50.2 Å². The maximum atomic E-state index is 12.2. The second-order valence-corrected chi connectivity index (χ2v) is 5.77. The first kappa shape index (κ1) is 12.7. The van der Waals surface area contributed by atoms with Crippen molar-refractivity contribution in [3.8, 4) is 0 Å². The molecule has 0 amide bonds. The van der Waals surface area contributed by atoms with E-state index < -0.39 is 0 Å². The SMILES string of the molecule is CC(CN1CCCC1)Nc1nccn(C2CC2)c1=O. The molecule has 0 spiro atoms. The van der Waals surface area contributed by atoms with Crippen LogP contribution in [0, 0.1) is 0 Å². The van der Waals surface area contributed by atoms with Crippen LogP contribution in [-0.4, -0.2) is 40.1 Å². The first-order valence-electron chi connectivity index (χ1n) is 7.30. The second kappa shape index (κ2) is 5.33. The van der Waals surface area contributed by atoms with Crippen molar-refractivity contribution in [3.05, 3.63) is 22.7 Å². The quantitative estimate of drug-likeness (QED) is 0.873. The van der Waals surface area contributed by atoms with Gasteiger partial charge in [0.15, 0.2) is 5.82 Å². The zero-order valence-corrected chi connectivity index (χ0v) is 11.5. The lowest BCUT2D eigenvalue weighted by Gasteiger charge is -2.21. The van der Waals surface area contributed by atoms with Crippen molar-refractivity contribution >= 4 is 5.82 Å². The minimum Gasteiger partial charge on any atom is -0.362 e. The van der Waals surface area contributed by atoms with Crippen molar-refractivity contribution < 1.29 is 0 Å². The molecule has 2 heterocycles. The van der Waals surface area contributed by atoms with Gasteiger partial charge in [-0.2, -0.15) is 0 Å². The van der Waals surface area contributed by atoms with Gasteiger partial charge in [0.05, 0.1) is 0 Å². The zero-order chi connectivity index (χ0) is 13.2. The van der Waals surface area contributed by atoms with Gasteiger partial charge in [-0.05, 0) is 45.7 Å². The molecular formula is C14H22N4O. The van der Waals surface area contributed by atoms with E-state index in [-0.39, 0.29) is 11.6 Å². The predicted octanol–water partition coefficient (Wildman–Crippen LogP) is 1.47. The summed E-state index contributed by atoms with van der Waals surface area (Å²) in [6, 6.07) is 0.665. The molecule has 5 nitrogen and oxygen atoms in total. The van der Waals surface area contributed by atoms with Gasteiger partial charge in [-0.3, -0.25) is 4.79 Å². The Kier molecular flexibility index (Phi) is 3.55. The van der Waals surface area contributed by atoms with Crippen LogP contribution in [-0.2, 0) is 0 Å². The van der Waals surface area contributed by atoms with E-state index in [0.717, 1.165) is 19.4 Å². The van der Waals surface area contributed by atoms with Gasteiger partial charge in [-0.1, -0.05) is 0 Å². The Balaban J connectivity index is 1.65. The predicted molar refractivity (Wildman–Crippen MR) is 75.5 cm³/mol. The third kappa shape index (κ3) is 2.97. The van der Waals surface area contributed by atoms with Crippen LogP contribution in [0.15, 0.2) is 17.2 Å². The van der Waals surface area contributed by atoms with E-state index in [2.05, 4.69) is 22.1 Å². The van der Waals surface area contributed by atoms with Crippen molar-refractivity contribution in [1.82, 2.24) is 14.5 Å². The van der Waals surface area contributed by atoms with Crippen LogP contribution in [0.25, 0.3) is 0 Å². The molecule has 1 saturated heterocycles. The number of aromatic nitrogens is 2. The molecule has 5 heteroatoms. The molecule has 1 aromatic rings. The summed E-state index contributed by atoms with van der Waals surface area (Å²) in [5.74, 6) is 0.501. The van der Waals surface area contributed by atoms with E-state index in [9.17, 15) is 4.79 Å². The van der Waals surface area contributed by atoms with Crippen molar-refractivity contribution in [2.75, 3.05) is 25.0 Å². The number of nitrogens with zero attached hydrogens (tertiary/aromatic N) is 3. The number of hydrogen-bond donors (Lipinski definition) is 1. The minimum absolute atomic E-state index is 0.0262. The number of rotatable bonds is 5. The van der Waals surface area contributed by atoms with Gasteiger partial charge in [0.2, 0.25) is 0 Å². The van der Waals surface area contributed by atoms with Crippen molar-refractivity contribution in [3.63, 3.8) is 0 Å². The lowest BCUT2D eigenvalue weighted by molar-refractivity contribution is 0.327. The molecule has 0 radical (unpaired) electrons. The average molecular weight is 262 g/mol. The van der Waals surface area contributed by atoms with Crippen LogP contribution < -0.4 is 10.9 Å². The van der Waals surface area contributed by atoms with Gasteiger partial charge in [-0.25, -0.2) is 4.98 Å². The van der Waals surface area contributed by atoms with Gasteiger partial charge in [0, 0.05) is 31.0 Å². The summed E-state index contributed by atoms with van der Waals surface area (Å²) in [5, 5.41) is 3.27. The number of likely N-dealkylation sites (tertiary alicyclic amines) is 1. The highest BCUT2D eigenvalue weighted by Crippen LogP contribution is 2.33. The lowest BCUT2D eigenvalue weighted by atomic mass is 10.3.